The van der Waals surface area contributed by atoms with Crippen LogP contribution < -0.4 is 5.73 Å². The van der Waals surface area contributed by atoms with Gasteiger partial charge in [-0.1, -0.05) is 12.1 Å². The molecule has 0 spiro atoms. The van der Waals surface area contributed by atoms with Gasteiger partial charge < -0.3 is 10.5 Å². The van der Waals surface area contributed by atoms with Crippen LogP contribution in [0.5, 0.6) is 0 Å². The topological polar surface area (TPSA) is 123 Å². The fraction of sp³-hybridized carbons (Fsp3) is 0.476. The van der Waals surface area contributed by atoms with Gasteiger partial charge in [-0.25, -0.2) is 17.8 Å². The molecule has 0 radical (unpaired) electrons. The summed E-state index contributed by atoms with van der Waals surface area (Å²) in [4.78, 5) is 3.98. The molecule has 12 heteroatoms. The van der Waals surface area contributed by atoms with E-state index in [1.807, 2.05) is 0 Å². The number of aromatic nitrogens is 1. The predicted molar refractivity (Wildman–Crippen MR) is 120 cm³/mol. The summed E-state index contributed by atoms with van der Waals surface area (Å²) >= 11 is 0. The molecule has 2 N–H and O–H groups in total. The first kappa shape index (κ1) is 24.2. The number of morpholine rings is 1. The van der Waals surface area contributed by atoms with Crippen LogP contribution >= 0.6 is 0 Å². The highest BCUT2D eigenvalue weighted by molar-refractivity contribution is 7.91. The molecule has 1 unspecified atom stereocenters. The van der Waals surface area contributed by atoms with Gasteiger partial charge >= 0.3 is 0 Å². The average molecular weight is 499 g/mol. The maximum Gasteiger partial charge on any atom is 0.282 e. The Bertz CT molecular complexity index is 1190. The molecule has 2 aliphatic rings. The largest absolute Gasteiger partial charge is 0.379 e. The fourth-order valence-electron chi connectivity index (χ4n) is 4.31. The van der Waals surface area contributed by atoms with Crippen molar-refractivity contribution in [2.45, 2.75) is 30.0 Å². The Morgan fingerprint density at radius 1 is 1.09 bits per heavy atom. The monoisotopic (exact) mass is 498 g/mol. The molecule has 33 heavy (non-hydrogen) atoms. The summed E-state index contributed by atoms with van der Waals surface area (Å²) in [6, 6.07) is 8.13. The smallest absolute Gasteiger partial charge is 0.282 e. The normalized spacial score (nSPS) is 23.1. The molecular formula is C21H27FN4O5S2. The van der Waals surface area contributed by atoms with E-state index < -0.39 is 31.8 Å². The molecule has 0 aliphatic carbocycles. The quantitative estimate of drug-likeness (QED) is 0.601. The number of sulfone groups is 1. The molecule has 2 fully saturated rings. The number of nitrogens with two attached hydrogens (primary N) is 1. The molecular weight excluding hydrogens is 471 g/mol. The van der Waals surface area contributed by atoms with Gasteiger partial charge in [-0.15, -0.1) is 0 Å². The van der Waals surface area contributed by atoms with Crippen molar-refractivity contribution in [1.82, 2.24) is 13.6 Å². The number of halogens is 1. The Morgan fingerprint density at radius 3 is 2.45 bits per heavy atom. The second kappa shape index (κ2) is 9.72. The van der Waals surface area contributed by atoms with Crippen molar-refractivity contribution in [3.05, 3.63) is 59.5 Å². The van der Waals surface area contributed by atoms with Crippen LogP contribution in [0.1, 0.15) is 23.5 Å². The zero-order chi connectivity index (χ0) is 23.6. The zero-order valence-corrected chi connectivity index (χ0v) is 19.6. The maximum absolute atomic E-state index is 13.5. The second-order valence-electron chi connectivity index (χ2n) is 8.21. The lowest BCUT2D eigenvalue weighted by atomic mass is 9.97. The Hall–Kier alpha value is -1.96. The van der Waals surface area contributed by atoms with Crippen LogP contribution in [0.4, 0.5) is 4.39 Å². The van der Waals surface area contributed by atoms with Crippen molar-refractivity contribution >= 4 is 20.0 Å². The Labute approximate surface area is 193 Å². The molecule has 0 saturated carbocycles. The van der Waals surface area contributed by atoms with Crippen molar-refractivity contribution in [3.63, 3.8) is 0 Å². The molecule has 1 aromatic carbocycles. The van der Waals surface area contributed by atoms with Gasteiger partial charge in [0.1, 0.15) is 5.82 Å². The van der Waals surface area contributed by atoms with E-state index in [9.17, 15) is 21.2 Å². The first-order valence-corrected chi connectivity index (χ1v) is 13.7. The van der Waals surface area contributed by atoms with E-state index in [1.54, 1.807) is 18.2 Å². The van der Waals surface area contributed by atoms with E-state index in [-0.39, 0.29) is 56.2 Å². The highest BCUT2D eigenvalue weighted by Crippen LogP contribution is 2.36. The summed E-state index contributed by atoms with van der Waals surface area (Å²) in [5.41, 5.74) is 7.02. The summed E-state index contributed by atoms with van der Waals surface area (Å²) in [5.74, 6) is -1.06. The van der Waals surface area contributed by atoms with Gasteiger partial charge in [0.2, 0.25) is 0 Å². The van der Waals surface area contributed by atoms with Crippen LogP contribution in [0.25, 0.3) is 0 Å². The van der Waals surface area contributed by atoms with E-state index in [4.69, 9.17) is 10.5 Å². The number of hydrogen-bond donors (Lipinski definition) is 1. The van der Waals surface area contributed by atoms with E-state index in [0.717, 1.165) is 5.56 Å². The van der Waals surface area contributed by atoms with Gasteiger partial charge in [-0.2, -0.15) is 17.0 Å². The zero-order valence-electron chi connectivity index (χ0n) is 18.0. The number of nitrogens with zero attached hydrogens (tertiary/aromatic N) is 3. The molecule has 2 atom stereocenters. The number of ether oxygens (including phenoxy) is 1. The van der Waals surface area contributed by atoms with Crippen molar-refractivity contribution in [1.29, 1.82) is 0 Å². The highest BCUT2D eigenvalue weighted by atomic mass is 32.2. The minimum Gasteiger partial charge on any atom is -0.379 e. The molecule has 9 nitrogen and oxygen atoms in total. The number of hydrogen-bond acceptors (Lipinski definition) is 7. The number of benzene rings is 1. The molecule has 4 rings (SSSR count). The van der Waals surface area contributed by atoms with Crippen LogP contribution in [0.15, 0.2) is 47.6 Å². The van der Waals surface area contributed by atoms with Gasteiger partial charge in [0.25, 0.3) is 10.2 Å². The van der Waals surface area contributed by atoms with Gasteiger partial charge in [0, 0.05) is 38.4 Å². The van der Waals surface area contributed by atoms with Crippen molar-refractivity contribution in [3.8, 4) is 0 Å². The summed E-state index contributed by atoms with van der Waals surface area (Å²) in [5, 5.41) is -0.126. The third-order valence-electron chi connectivity index (χ3n) is 6.06. The molecule has 0 bridgehead atoms. The predicted octanol–water partition coefficient (Wildman–Crippen LogP) is 0.888. The summed E-state index contributed by atoms with van der Waals surface area (Å²) in [6.07, 6.45) is 1.68. The Morgan fingerprint density at radius 2 is 1.79 bits per heavy atom. The third kappa shape index (κ3) is 5.26. The van der Waals surface area contributed by atoms with Crippen molar-refractivity contribution < 1.29 is 26.0 Å². The molecule has 180 valence electrons. The first-order chi connectivity index (χ1) is 15.7. The summed E-state index contributed by atoms with van der Waals surface area (Å²) in [7, 11) is -7.81. The number of pyridine rings is 1. The van der Waals surface area contributed by atoms with Gasteiger partial charge in [-0.3, -0.25) is 0 Å². The molecule has 1 aromatic heterocycles. The van der Waals surface area contributed by atoms with Gasteiger partial charge in [0.15, 0.2) is 14.9 Å². The minimum atomic E-state index is -3.92. The van der Waals surface area contributed by atoms with Crippen LogP contribution in [-0.2, 0) is 31.3 Å². The van der Waals surface area contributed by atoms with Crippen LogP contribution in [0, 0.1) is 5.82 Å². The SMILES string of the molecule is NCc1ccnc(S(=O)(=O)CC2C[C@H](c3ccc(F)cc3)CN2S(=O)(=O)N2CCOCC2)c1. The Balaban J connectivity index is 1.65. The molecule has 2 saturated heterocycles. The minimum absolute atomic E-state index is 0.113. The van der Waals surface area contributed by atoms with Crippen LogP contribution in [0.2, 0.25) is 0 Å². The first-order valence-electron chi connectivity index (χ1n) is 10.7. The van der Waals surface area contributed by atoms with Crippen LogP contribution in [-0.4, -0.2) is 75.1 Å². The van der Waals surface area contributed by atoms with Crippen molar-refractivity contribution in [2.75, 3.05) is 38.6 Å². The van der Waals surface area contributed by atoms with Crippen molar-refractivity contribution in [2.24, 2.45) is 5.73 Å². The number of rotatable bonds is 7. The van der Waals surface area contributed by atoms with Gasteiger partial charge in [-0.05, 0) is 47.7 Å². The lowest BCUT2D eigenvalue weighted by Crippen LogP contribution is -2.51. The molecule has 0 amide bonds. The maximum atomic E-state index is 13.5. The average Bonchev–Trinajstić information content (AvgIpc) is 3.24. The van der Waals surface area contributed by atoms with E-state index in [2.05, 4.69) is 4.98 Å². The van der Waals surface area contributed by atoms with Gasteiger partial charge in [0.05, 0.1) is 19.0 Å². The van der Waals surface area contributed by atoms with Crippen LogP contribution in [0.3, 0.4) is 0 Å². The summed E-state index contributed by atoms with van der Waals surface area (Å²) in [6.45, 7) is 1.26. The second-order valence-corrected chi connectivity index (χ2v) is 12.1. The Kier molecular flexibility index (Phi) is 7.12. The standard InChI is InChI=1S/C21H27FN4O5S2/c22-19-3-1-17(2-4-19)18-12-20(15-32(27,28)21-11-16(13-23)5-6-24-21)26(14-18)33(29,30)25-7-9-31-10-8-25/h1-6,11,18,20H,7-10,12-15,23H2/t18-,20?/m0/s1. The third-order valence-corrected chi connectivity index (χ3v) is 9.81. The molecule has 3 heterocycles. The summed E-state index contributed by atoms with van der Waals surface area (Å²) < 4.78 is 74.6. The lowest BCUT2D eigenvalue weighted by molar-refractivity contribution is 0.0700. The lowest BCUT2D eigenvalue weighted by Gasteiger charge is -2.32. The van der Waals surface area contributed by atoms with E-state index >= 15 is 0 Å². The fourth-order valence-corrected chi connectivity index (χ4v) is 7.76. The highest BCUT2D eigenvalue weighted by Gasteiger charge is 2.45. The molecule has 2 aromatic rings. The molecule has 2 aliphatic heterocycles. The van der Waals surface area contributed by atoms with E-state index in [1.165, 1.54) is 33.0 Å². The van der Waals surface area contributed by atoms with E-state index in [0.29, 0.717) is 12.0 Å².